The van der Waals surface area contributed by atoms with Crippen LogP contribution >= 0.6 is 0 Å². The minimum Gasteiger partial charge on any atom is -0.461 e. The molecule has 1 aromatic carbocycles. The molecule has 0 heterocycles. The number of benzene rings is 1. The van der Waals surface area contributed by atoms with Crippen LogP contribution in [0.25, 0.3) is 0 Å². The Labute approximate surface area is 154 Å². The van der Waals surface area contributed by atoms with Gasteiger partial charge in [0.2, 0.25) is 0 Å². The van der Waals surface area contributed by atoms with E-state index in [9.17, 15) is 4.79 Å². The summed E-state index contributed by atoms with van der Waals surface area (Å²) >= 11 is 0. The van der Waals surface area contributed by atoms with Gasteiger partial charge in [-0.1, -0.05) is 58.0 Å². The maximum absolute atomic E-state index is 12.6. The Morgan fingerprint density at radius 2 is 1.76 bits per heavy atom. The molecule has 0 N–H and O–H groups in total. The lowest BCUT2D eigenvalue weighted by Gasteiger charge is -2.42. The van der Waals surface area contributed by atoms with Gasteiger partial charge in [-0.15, -0.1) is 0 Å². The standard InChI is InChI=1S/C21H34O3Si/c1-16-12-18(20(22)23-15-17-10-8-7-9-11-17)14-19(13-16)24-25(5,6)21(2,3)4/h7-11,16,18-19H,12-15H2,1-6H3. The molecule has 140 valence electrons. The molecule has 0 amide bonds. The summed E-state index contributed by atoms with van der Waals surface area (Å²) in [7, 11) is -1.81. The largest absolute Gasteiger partial charge is 0.461 e. The Morgan fingerprint density at radius 3 is 2.36 bits per heavy atom. The molecular formula is C21H34O3Si. The van der Waals surface area contributed by atoms with Gasteiger partial charge in [0.15, 0.2) is 8.32 Å². The molecule has 0 saturated heterocycles. The predicted octanol–water partition coefficient (Wildman–Crippen LogP) is 5.56. The summed E-state index contributed by atoms with van der Waals surface area (Å²) in [5.41, 5.74) is 1.04. The number of ether oxygens (including phenoxy) is 1. The average Bonchev–Trinajstić information content (AvgIpc) is 2.51. The molecule has 1 aliphatic carbocycles. The van der Waals surface area contributed by atoms with E-state index in [1.165, 1.54) is 0 Å². The van der Waals surface area contributed by atoms with Crippen LogP contribution in [0, 0.1) is 11.8 Å². The third-order valence-corrected chi connectivity index (χ3v) is 10.3. The Morgan fingerprint density at radius 1 is 1.12 bits per heavy atom. The van der Waals surface area contributed by atoms with Crippen molar-refractivity contribution < 1.29 is 14.0 Å². The lowest BCUT2D eigenvalue weighted by Crippen LogP contribution is -2.46. The number of rotatable bonds is 5. The zero-order valence-electron chi connectivity index (χ0n) is 16.7. The lowest BCUT2D eigenvalue weighted by molar-refractivity contribution is -0.153. The highest BCUT2D eigenvalue weighted by Crippen LogP contribution is 2.41. The van der Waals surface area contributed by atoms with Crippen LogP contribution in [0.5, 0.6) is 0 Å². The summed E-state index contributed by atoms with van der Waals surface area (Å²) in [6, 6.07) is 9.88. The first-order valence-electron chi connectivity index (χ1n) is 9.47. The molecule has 1 fully saturated rings. The van der Waals surface area contributed by atoms with E-state index in [-0.39, 0.29) is 23.0 Å². The summed E-state index contributed by atoms with van der Waals surface area (Å²) < 4.78 is 12.2. The van der Waals surface area contributed by atoms with E-state index in [1.54, 1.807) is 0 Å². The van der Waals surface area contributed by atoms with Crippen molar-refractivity contribution in [2.24, 2.45) is 11.8 Å². The van der Waals surface area contributed by atoms with Crippen LogP contribution in [0.3, 0.4) is 0 Å². The fourth-order valence-corrected chi connectivity index (χ4v) is 4.65. The zero-order chi connectivity index (χ0) is 18.7. The Balaban J connectivity index is 1.94. The molecule has 3 unspecified atom stereocenters. The van der Waals surface area contributed by atoms with Crippen molar-refractivity contribution in [1.29, 1.82) is 0 Å². The molecule has 4 heteroatoms. The van der Waals surface area contributed by atoms with Crippen molar-refractivity contribution in [3.05, 3.63) is 35.9 Å². The van der Waals surface area contributed by atoms with Crippen molar-refractivity contribution >= 4 is 14.3 Å². The molecule has 0 aromatic heterocycles. The second-order valence-electron chi connectivity index (χ2n) is 9.10. The average molecular weight is 363 g/mol. The van der Waals surface area contributed by atoms with Gasteiger partial charge in [0.25, 0.3) is 0 Å². The molecular weight excluding hydrogens is 328 g/mol. The normalized spacial score (nSPS) is 24.8. The van der Waals surface area contributed by atoms with E-state index in [4.69, 9.17) is 9.16 Å². The third kappa shape index (κ3) is 5.68. The molecule has 25 heavy (non-hydrogen) atoms. The van der Waals surface area contributed by atoms with Gasteiger partial charge in [0.05, 0.1) is 5.92 Å². The van der Waals surface area contributed by atoms with Crippen molar-refractivity contribution in [2.45, 2.75) is 77.8 Å². The second-order valence-corrected chi connectivity index (χ2v) is 13.9. The Kier molecular flexibility index (Phi) is 6.49. The van der Waals surface area contributed by atoms with Gasteiger partial charge in [-0.25, -0.2) is 0 Å². The third-order valence-electron chi connectivity index (χ3n) is 5.72. The zero-order valence-corrected chi connectivity index (χ0v) is 17.7. The van der Waals surface area contributed by atoms with E-state index in [2.05, 4.69) is 40.8 Å². The van der Waals surface area contributed by atoms with Crippen LogP contribution < -0.4 is 0 Å². The molecule has 3 nitrogen and oxygen atoms in total. The molecule has 1 aliphatic rings. The fraction of sp³-hybridized carbons (Fsp3) is 0.667. The summed E-state index contributed by atoms with van der Waals surface area (Å²) in [6.07, 6.45) is 2.93. The van der Waals surface area contributed by atoms with E-state index in [0.29, 0.717) is 12.5 Å². The van der Waals surface area contributed by atoms with Gasteiger partial charge >= 0.3 is 5.97 Å². The smallest absolute Gasteiger partial charge is 0.309 e. The highest BCUT2D eigenvalue weighted by molar-refractivity contribution is 6.74. The van der Waals surface area contributed by atoms with E-state index < -0.39 is 8.32 Å². The van der Waals surface area contributed by atoms with Crippen molar-refractivity contribution in [1.82, 2.24) is 0 Å². The lowest BCUT2D eigenvalue weighted by atomic mass is 9.81. The Bertz CT molecular complexity index is 562. The highest BCUT2D eigenvalue weighted by Gasteiger charge is 2.41. The number of esters is 1. The number of hydrogen-bond acceptors (Lipinski definition) is 3. The molecule has 3 atom stereocenters. The van der Waals surface area contributed by atoms with Gasteiger partial charge < -0.3 is 9.16 Å². The molecule has 0 radical (unpaired) electrons. The summed E-state index contributed by atoms with van der Waals surface area (Å²) in [6.45, 7) is 13.9. The first-order valence-corrected chi connectivity index (χ1v) is 12.4. The summed E-state index contributed by atoms with van der Waals surface area (Å²) in [5, 5.41) is 0.191. The first kappa shape index (κ1) is 20.2. The number of carbonyl (C=O) groups excluding carboxylic acids is 1. The van der Waals surface area contributed by atoms with Gasteiger partial charge in [0.1, 0.15) is 6.61 Å². The number of hydrogen-bond donors (Lipinski definition) is 0. The summed E-state index contributed by atoms with van der Waals surface area (Å²) in [5.74, 6) is 0.388. The van der Waals surface area contributed by atoms with E-state index in [0.717, 1.165) is 24.8 Å². The molecule has 0 bridgehead atoms. The topological polar surface area (TPSA) is 35.5 Å². The SMILES string of the molecule is CC1CC(O[Si](C)(C)C(C)(C)C)CC(C(=O)OCc2ccccc2)C1. The monoisotopic (exact) mass is 362 g/mol. The van der Waals surface area contributed by atoms with Gasteiger partial charge in [-0.2, -0.15) is 0 Å². The first-order chi connectivity index (χ1) is 11.6. The van der Waals surface area contributed by atoms with Crippen LogP contribution in [0.2, 0.25) is 18.1 Å². The minimum atomic E-state index is -1.81. The highest BCUT2D eigenvalue weighted by atomic mass is 28.4. The predicted molar refractivity (Wildman–Crippen MR) is 105 cm³/mol. The maximum Gasteiger partial charge on any atom is 0.309 e. The van der Waals surface area contributed by atoms with Gasteiger partial charge in [-0.3, -0.25) is 4.79 Å². The fourth-order valence-electron chi connectivity index (χ4n) is 3.27. The Hall–Kier alpha value is -1.13. The van der Waals surface area contributed by atoms with E-state index in [1.807, 2.05) is 30.3 Å². The van der Waals surface area contributed by atoms with Crippen LogP contribution in [0.1, 0.15) is 52.5 Å². The van der Waals surface area contributed by atoms with Crippen molar-refractivity contribution in [2.75, 3.05) is 0 Å². The molecule has 2 rings (SSSR count). The molecule has 1 saturated carbocycles. The van der Waals surface area contributed by atoms with Crippen LogP contribution in [-0.4, -0.2) is 20.4 Å². The van der Waals surface area contributed by atoms with Crippen LogP contribution in [0.15, 0.2) is 30.3 Å². The van der Waals surface area contributed by atoms with Crippen LogP contribution in [0.4, 0.5) is 0 Å². The maximum atomic E-state index is 12.6. The quantitative estimate of drug-likeness (QED) is 0.508. The molecule has 0 aliphatic heterocycles. The number of carbonyl (C=O) groups is 1. The summed E-state index contributed by atoms with van der Waals surface area (Å²) in [4.78, 5) is 12.6. The van der Waals surface area contributed by atoms with Gasteiger partial charge in [0, 0.05) is 6.10 Å². The second kappa shape index (κ2) is 8.04. The molecule has 1 aromatic rings. The van der Waals surface area contributed by atoms with Gasteiger partial charge in [-0.05, 0) is 48.9 Å². The van der Waals surface area contributed by atoms with E-state index >= 15 is 0 Å². The molecule has 0 spiro atoms. The van der Waals surface area contributed by atoms with Crippen molar-refractivity contribution in [3.63, 3.8) is 0 Å². The van der Waals surface area contributed by atoms with Crippen LogP contribution in [-0.2, 0) is 20.6 Å². The van der Waals surface area contributed by atoms with Crippen molar-refractivity contribution in [3.8, 4) is 0 Å². The minimum absolute atomic E-state index is 0.0396.